The number of rotatable bonds is 4. The van der Waals surface area contributed by atoms with E-state index in [4.69, 9.17) is 5.73 Å². The largest absolute Gasteiger partial charge is 0.330 e. The predicted molar refractivity (Wildman–Crippen MR) is 78.2 cm³/mol. The van der Waals surface area contributed by atoms with Gasteiger partial charge in [-0.1, -0.05) is 18.2 Å². The number of hydrogen-bond acceptors (Lipinski definition) is 3. The summed E-state index contributed by atoms with van der Waals surface area (Å²) in [6.07, 6.45) is 0.653. The second-order valence-corrected chi connectivity index (χ2v) is 5.04. The van der Waals surface area contributed by atoms with Gasteiger partial charge in [0.1, 0.15) is 6.04 Å². The highest BCUT2D eigenvalue weighted by atomic mass is 16.2. The number of likely N-dealkylation sites (N-methyl/N-ethyl adjacent to an activating group) is 1. The molecule has 20 heavy (non-hydrogen) atoms. The molecule has 1 saturated heterocycles. The van der Waals surface area contributed by atoms with Gasteiger partial charge in [0.25, 0.3) is 0 Å². The van der Waals surface area contributed by atoms with E-state index in [0.717, 1.165) is 5.69 Å². The second kappa shape index (κ2) is 6.05. The summed E-state index contributed by atoms with van der Waals surface area (Å²) >= 11 is 0. The lowest BCUT2D eigenvalue weighted by atomic mass is 10.2. The molecule has 1 unspecified atom stereocenters. The van der Waals surface area contributed by atoms with Gasteiger partial charge in [-0.3, -0.25) is 9.59 Å². The van der Waals surface area contributed by atoms with Crippen LogP contribution in [0.2, 0.25) is 0 Å². The number of nitrogens with zero attached hydrogens (tertiary/aromatic N) is 2. The maximum atomic E-state index is 12.5. The predicted octanol–water partition coefficient (Wildman–Crippen LogP) is 0.988. The lowest BCUT2D eigenvalue weighted by Gasteiger charge is -2.28. The van der Waals surface area contributed by atoms with Crippen LogP contribution in [-0.4, -0.2) is 41.9 Å². The molecule has 0 saturated carbocycles. The van der Waals surface area contributed by atoms with E-state index in [-0.39, 0.29) is 11.8 Å². The zero-order chi connectivity index (χ0) is 14.7. The van der Waals surface area contributed by atoms with Crippen LogP contribution in [0, 0.1) is 0 Å². The first-order valence-electron chi connectivity index (χ1n) is 6.98. The van der Waals surface area contributed by atoms with Crippen molar-refractivity contribution in [3.63, 3.8) is 0 Å². The number of carbonyl (C=O) groups excluding carboxylic acids is 2. The summed E-state index contributed by atoms with van der Waals surface area (Å²) in [6, 6.07) is 8.57. The van der Waals surface area contributed by atoms with E-state index in [2.05, 4.69) is 0 Å². The minimum absolute atomic E-state index is 0.0212. The molecule has 1 fully saturated rings. The van der Waals surface area contributed by atoms with Crippen molar-refractivity contribution >= 4 is 17.5 Å². The van der Waals surface area contributed by atoms with Crippen LogP contribution in [0.3, 0.4) is 0 Å². The van der Waals surface area contributed by atoms with Crippen LogP contribution >= 0.6 is 0 Å². The average Bonchev–Trinajstić information content (AvgIpc) is 2.82. The highest BCUT2D eigenvalue weighted by Crippen LogP contribution is 2.24. The van der Waals surface area contributed by atoms with Gasteiger partial charge in [0.2, 0.25) is 11.8 Å². The first-order chi connectivity index (χ1) is 9.56. The highest BCUT2D eigenvalue weighted by Gasteiger charge is 2.38. The first-order valence-corrected chi connectivity index (χ1v) is 6.98. The monoisotopic (exact) mass is 275 g/mol. The van der Waals surface area contributed by atoms with Gasteiger partial charge in [-0.15, -0.1) is 0 Å². The Balaban J connectivity index is 2.16. The molecule has 2 rings (SSSR count). The van der Waals surface area contributed by atoms with Crippen molar-refractivity contribution in [3.8, 4) is 0 Å². The SMILES string of the molecule is CCN(C(=O)[C@@H](C)N)C1CCN(c2ccccc2)C1=O. The maximum Gasteiger partial charge on any atom is 0.249 e. The summed E-state index contributed by atoms with van der Waals surface area (Å²) in [5.41, 5.74) is 6.53. The Morgan fingerprint density at radius 2 is 2.10 bits per heavy atom. The number of anilines is 1. The molecule has 0 spiro atoms. The van der Waals surface area contributed by atoms with Crippen molar-refractivity contribution in [1.82, 2.24) is 4.90 Å². The Morgan fingerprint density at radius 1 is 1.45 bits per heavy atom. The molecule has 0 bridgehead atoms. The van der Waals surface area contributed by atoms with E-state index in [1.54, 1.807) is 16.7 Å². The minimum Gasteiger partial charge on any atom is -0.330 e. The van der Waals surface area contributed by atoms with E-state index >= 15 is 0 Å². The molecule has 1 aromatic carbocycles. The summed E-state index contributed by atoms with van der Waals surface area (Å²) in [4.78, 5) is 27.9. The van der Waals surface area contributed by atoms with Crippen molar-refractivity contribution in [2.75, 3.05) is 18.0 Å². The van der Waals surface area contributed by atoms with Crippen molar-refractivity contribution in [1.29, 1.82) is 0 Å². The molecule has 2 amide bonds. The number of para-hydroxylation sites is 1. The number of benzene rings is 1. The van der Waals surface area contributed by atoms with Gasteiger partial charge in [-0.25, -0.2) is 0 Å². The summed E-state index contributed by atoms with van der Waals surface area (Å²) in [5, 5.41) is 0. The topological polar surface area (TPSA) is 66.6 Å². The van der Waals surface area contributed by atoms with Gasteiger partial charge < -0.3 is 15.5 Å². The summed E-state index contributed by atoms with van der Waals surface area (Å²) in [5.74, 6) is -0.187. The number of carbonyl (C=O) groups is 2. The lowest BCUT2D eigenvalue weighted by Crippen LogP contribution is -2.50. The highest BCUT2D eigenvalue weighted by molar-refractivity contribution is 6.01. The summed E-state index contributed by atoms with van der Waals surface area (Å²) in [7, 11) is 0. The van der Waals surface area contributed by atoms with Gasteiger partial charge >= 0.3 is 0 Å². The molecule has 1 aromatic rings. The molecule has 108 valence electrons. The van der Waals surface area contributed by atoms with Crippen LogP contribution in [0.15, 0.2) is 30.3 Å². The fourth-order valence-electron chi connectivity index (χ4n) is 2.61. The molecule has 0 aliphatic carbocycles. The van der Waals surface area contributed by atoms with Crippen LogP contribution in [0.4, 0.5) is 5.69 Å². The lowest BCUT2D eigenvalue weighted by molar-refractivity contribution is -0.138. The molecule has 5 nitrogen and oxygen atoms in total. The van der Waals surface area contributed by atoms with E-state index in [1.807, 2.05) is 37.3 Å². The van der Waals surface area contributed by atoms with E-state index < -0.39 is 12.1 Å². The van der Waals surface area contributed by atoms with Crippen LogP contribution in [0.25, 0.3) is 0 Å². The van der Waals surface area contributed by atoms with E-state index in [0.29, 0.717) is 19.5 Å². The first kappa shape index (κ1) is 14.5. The Labute approximate surface area is 119 Å². The smallest absolute Gasteiger partial charge is 0.249 e. The third-order valence-corrected chi connectivity index (χ3v) is 3.63. The molecule has 2 atom stereocenters. The molecular formula is C15H21N3O2. The number of amides is 2. The Kier molecular flexibility index (Phi) is 4.39. The van der Waals surface area contributed by atoms with Crippen molar-refractivity contribution in [2.24, 2.45) is 5.73 Å². The van der Waals surface area contributed by atoms with Crippen LogP contribution in [0.5, 0.6) is 0 Å². The third-order valence-electron chi connectivity index (χ3n) is 3.63. The fraction of sp³-hybridized carbons (Fsp3) is 0.467. The molecule has 1 aliphatic heterocycles. The molecule has 1 aliphatic rings. The molecule has 1 heterocycles. The summed E-state index contributed by atoms with van der Waals surface area (Å²) < 4.78 is 0. The fourth-order valence-corrected chi connectivity index (χ4v) is 2.61. The van der Waals surface area contributed by atoms with E-state index in [9.17, 15) is 9.59 Å². The van der Waals surface area contributed by atoms with Gasteiger partial charge in [0, 0.05) is 18.8 Å². The zero-order valence-corrected chi connectivity index (χ0v) is 12.0. The van der Waals surface area contributed by atoms with Crippen molar-refractivity contribution in [2.45, 2.75) is 32.4 Å². The normalized spacial score (nSPS) is 20.1. The standard InChI is InChI=1S/C15H21N3O2/c1-3-17(14(19)11(2)16)13-9-10-18(15(13)20)12-7-5-4-6-8-12/h4-8,11,13H,3,9-10,16H2,1-2H3/t11-,13?/m1/s1. The maximum absolute atomic E-state index is 12.5. The quantitative estimate of drug-likeness (QED) is 0.891. The van der Waals surface area contributed by atoms with Crippen molar-refractivity contribution < 1.29 is 9.59 Å². The molecule has 0 radical (unpaired) electrons. The molecule has 0 aromatic heterocycles. The molecular weight excluding hydrogens is 254 g/mol. The molecule has 5 heteroatoms. The average molecular weight is 275 g/mol. The minimum atomic E-state index is -0.575. The van der Waals surface area contributed by atoms with Crippen LogP contribution < -0.4 is 10.6 Å². The van der Waals surface area contributed by atoms with Gasteiger partial charge in [0.05, 0.1) is 6.04 Å². The Hall–Kier alpha value is -1.88. The Morgan fingerprint density at radius 3 is 2.65 bits per heavy atom. The van der Waals surface area contributed by atoms with Gasteiger partial charge in [0.15, 0.2) is 0 Å². The van der Waals surface area contributed by atoms with Gasteiger partial charge in [-0.05, 0) is 32.4 Å². The van der Waals surface area contributed by atoms with Crippen molar-refractivity contribution in [3.05, 3.63) is 30.3 Å². The van der Waals surface area contributed by atoms with Gasteiger partial charge in [-0.2, -0.15) is 0 Å². The number of hydrogen-bond donors (Lipinski definition) is 1. The third kappa shape index (κ3) is 2.67. The Bertz CT molecular complexity index is 487. The summed E-state index contributed by atoms with van der Waals surface area (Å²) in [6.45, 7) is 4.66. The molecule has 2 N–H and O–H groups in total. The second-order valence-electron chi connectivity index (χ2n) is 5.04. The van der Waals surface area contributed by atoms with E-state index in [1.165, 1.54) is 0 Å². The zero-order valence-electron chi connectivity index (χ0n) is 12.0. The van der Waals surface area contributed by atoms with Crippen LogP contribution in [0.1, 0.15) is 20.3 Å². The number of nitrogens with two attached hydrogens (primary N) is 1. The van der Waals surface area contributed by atoms with Crippen LogP contribution in [-0.2, 0) is 9.59 Å².